The van der Waals surface area contributed by atoms with Gasteiger partial charge in [0.2, 0.25) is 5.88 Å². The van der Waals surface area contributed by atoms with Crippen molar-refractivity contribution >= 4 is 41.0 Å². The molecule has 0 unspecified atom stereocenters. The second-order valence-electron chi connectivity index (χ2n) is 7.82. The standard InChI is InChI=1S/C21H23Cl2N3O7/c1-4-21(2,3)25-18(31)15-16(29)14(17(30)24-8-13(27)28)19(32)26(20(15)33)9-10-5-6-11(22)7-12(10)23/h5-7,29,33H,4,8-9H2,1-3H3,(H,24,30)(H,25,31)(H,27,28). The number of halogens is 2. The SMILES string of the molecule is CCC(C)(C)NC(=O)c1c(O)c(C(=O)NCC(=O)O)c(=O)n(Cc2ccc(Cl)cc2Cl)c1O. The van der Waals surface area contributed by atoms with Gasteiger partial charge in [-0.2, -0.15) is 0 Å². The number of hydrogen-bond donors (Lipinski definition) is 5. The van der Waals surface area contributed by atoms with Crippen LogP contribution in [-0.4, -0.2) is 49.8 Å². The minimum absolute atomic E-state index is 0.150. The van der Waals surface area contributed by atoms with Crippen LogP contribution in [0.25, 0.3) is 0 Å². The van der Waals surface area contributed by atoms with Crippen molar-refractivity contribution in [1.82, 2.24) is 15.2 Å². The van der Waals surface area contributed by atoms with E-state index in [0.717, 1.165) is 0 Å². The topological polar surface area (TPSA) is 158 Å². The molecule has 0 saturated carbocycles. The summed E-state index contributed by atoms with van der Waals surface area (Å²) in [6, 6.07) is 4.37. The molecule has 0 aliphatic rings. The first-order chi connectivity index (χ1) is 15.3. The van der Waals surface area contributed by atoms with Crippen molar-refractivity contribution in [2.24, 2.45) is 0 Å². The van der Waals surface area contributed by atoms with Crippen molar-refractivity contribution < 1.29 is 29.7 Å². The lowest BCUT2D eigenvalue weighted by Gasteiger charge is -2.25. The first-order valence-electron chi connectivity index (χ1n) is 9.74. The van der Waals surface area contributed by atoms with Gasteiger partial charge >= 0.3 is 5.97 Å². The van der Waals surface area contributed by atoms with Crippen molar-refractivity contribution in [3.63, 3.8) is 0 Å². The molecule has 12 heteroatoms. The molecule has 2 rings (SSSR count). The minimum atomic E-state index is -1.39. The lowest BCUT2D eigenvalue weighted by atomic mass is 10.0. The number of amides is 2. The number of nitrogens with one attached hydrogen (secondary N) is 2. The van der Waals surface area contributed by atoms with Crippen molar-refractivity contribution in [2.45, 2.75) is 39.3 Å². The van der Waals surface area contributed by atoms with Crippen LogP contribution in [0.4, 0.5) is 0 Å². The molecule has 10 nitrogen and oxygen atoms in total. The Hall–Kier alpha value is -3.24. The van der Waals surface area contributed by atoms with E-state index in [9.17, 15) is 29.4 Å². The predicted molar refractivity (Wildman–Crippen MR) is 121 cm³/mol. The van der Waals surface area contributed by atoms with Gasteiger partial charge in [-0.15, -0.1) is 0 Å². The molecule has 2 aromatic rings. The average Bonchev–Trinajstić information content (AvgIpc) is 2.70. The quantitative estimate of drug-likeness (QED) is 0.372. The van der Waals surface area contributed by atoms with Gasteiger partial charge in [0, 0.05) is 15.6 Å². The summed E-state index contributed by atoms with van der Waals surface area (Å²) in [5.41, 5.74) is -3.21. The van der Waals surface area contributed by atoms with Crippen molar-refractivity contribution in [3.05, 3.63) is 55.3 Å². The van der Waals surface area contributed by atoms with E-state index in [0.29, 0.717) is 21.6 Å². The summed E-state index contributed by atoms with van der Waals surface area (Å²) in [5, 5.41) is 35.2. The Morgan fingerprint density at radius 2 is 1.73 bits per heavy atom. The fraction of sp³-hybridized carbons (Fsp3) is 0.333. The molecule has 1 aromatic heterocycles. The zero-order chi connectivity index (χ0) is 25.1. The van der Waals surface area contributed by atoms with Gasteiger partial charge in [-0.05, 0) is 38.0 Å². The number of carbonyl (C=O) groups excluding carboxylic acids is 2. The van der Waals surface area contributed by atoms with Gasteiger partial charge < -0.3 is 26.0 Å². The normalized spacial score (nSPS) is 11.2. The molecule has 0 radical (unpaired) electrons. The van der Waals surface area contributed by atoms with Crippen molar-refractivity contribution in [2.75, 3.05) is 6.54 Å². The summed E-state index contributed by atoms with van der Waals surface area (Å²) in [6.45, 7) is 3.98. The molecule has 0 spiro atoms. The fourth-order valence-corrected chi connectivity index (χ4v) is 3.25. The summed E-state index contributed by atoms with van der Waals surface area (Å²) < 4.78 is 0.679. The minimum Gasteiger partial charge on any atom is -0.506 e. The largest absolute Gasteiger partial charge is 0.506 e. The Labute approximate surface area is 198 Å². The Morgan fingerprint density at radius 3 is 2.27 bits per heavy atom. The Bertz CT molecular complexity index is 1180. The van der Waals surface area contributed by atoms with Gasteiger partial charge in [-0.25, -0.2) is 0 Å². The number of rotatable bonds is 8. The number of aliphatic carboxylic acids is 1. The van der Waals surface area contributed by atoms with Crippen LogP contribution in [0.15, 0.2) is 23.0 Å². The Balaban J connectivity index is 2.73. The molecule has 0 bridgehead atoms. The molecule has 2 amide bonds. The number of aromatic nitrogens is 1. The van der Waals surface area contributed by atoms with E-state index >= 15 is 0 Å². The first-order valence-corrected chi connectivity index (χ1v) is 10.5. The highest BCUT2D eigenvalue weighted by atomic mass is 35.5. The van der Waals surface area contributed by atoms with E-state index in [2.05, 4.69) is 5.32 Å². The maximum absolute atomic E-state index is 13.0. The molecule has 1 heterocycles. The van der Waals surface area contributed by atoms with Gasteiger partial charge in [-0.1, -0.05) is 36.2 Å². The molecule has 0 aliphatic heterocycles. The highest BCUT2D eigenvalue weighted by molar-refractivity contribution is 6.35. The number of benzene rings is 1. The summed E-state index contributed by atoms with van der Waals surface area (Å²) >= 11 is 12.0. The van der Waals surface area contributed by atoms with Crippen LogP contribution in [0, 0.1) is 0 Å². The number of nitrogens with zero attached hydrogens (tertiary/aromatic N) is 1. The third kappa shape index (κ3) is 5.96. The van der Waals surface area contributed by atoms with Crippen LogP contribution in [0.2, 0.25) is 10.0 Å². The lowest BCUT2D eigenvalue weighted by Crippen LogP contribution is -2.44. The molecular weight excluding hydrogens is 477 g/mol. The van der Waals surface area contributed by atoms with E-state index in [1.165, 1.54) is 18.2 Å². The second-order valence-corrected chi connectivity index (χ2v) is 8.66. The molecule has 0 aliphatic carbocycles. The number of aromatic hydroxyl groups is 2. The third-order valence-corrected chi connectivity index (χ3v) is 5.53. The molecule has 178 valence electrons. The maximum Gasteiger partial charge on any atom is 0.322 e. The third-order valence-electron chi connectivity index (χ3n) is 4.95. The van der Waals surface area contributed by atoms with E-state index in [4.69, 9.17) is 28.3 Å². The second kappa shape index (κ2) is 10.1. The van der Waals surface area contributed by atoms with Crippen LogP contribution < -0.4 is 16.2 Å². The zero-order valence-corrected chi connectivity index (χ0v) is 19.5. The molecule has 1 aromatic carbocycles. The van der Waals surface area contributed by atoms with Crippen LogP contribution >= 0.6 is 23.2 Å². The zero-order valence-electron chi connectivity index (χ0n) is 18.0. The molecule has 0 atom stereocenters. The van der Waals surface area contributed by atoms with Gasteiger partial charge in [-0.3, -0.25) is 23.7 Å². The van der Waals surface area contributed by atoms with Gasteiger partial charge in [0.15, 0.2) is 5.75 Å². The number of carboxylic acids is 1. The first kappa shape index (κ1) is 26.0. The maximum atomic E-state index is 13.0. The van der Waals surface area contributed by atoms with Gasteiger partial charge in [0.05, 0.1) is 6.54 Å². The van der Waals surface area contributed by atoms with Crippen LogP contribution in [-0.2, 0) is 11.3 Å². The van der Waals surface area contributed by atoms with E-state index in [-0.39, 0.29) is 11.6 Å². The number of pyridine rings is 1. The monoisotopic (exact) mass is 499 g/mol. The number of carbonyl (C=O) groups is 3. The number of hydrogen-bond acceptors (Lipinski definition) is 6. The Morgan fingerprint density at radius 1 is 1.09 bits per heavy atom. The molecule has 5 N–H and O–H groups in total. The van der Waals surface area contributed by atoms with Gasteiger partial charge in [0.1, 0.15) is 17.7 Å². The smallest absolute Gasteiger partial charge is 0.322 e. The average molecular weight is 500 g/mol. The van der Waals surface area contributed by atoms with E-state index in [1.807, 2.05) is 5.32 Å². The van der Waals surface area contributed by atoms with E-state index < -0.39 is 58.2 Å². The summed E-state index contributed by atoms with van der Waals surface area (Å²) in [5.74, 6) is -5.55. The van der Waals surface area contributed by atoms with Crippen LogP contribution in [0.5, 0.6) is 11.6 Å². The van der Waals surface area contributed by atoms with Crippen molar-refractivity contribution in [3.8, 4) is 11.6 Å². The Kier molecular flexibility index (Phi) is 7.99. The molecular formula is C21H23Cl2N3O7. The van der Waals surface area contributed by atoms with Crippen LogP contribution in [0.3, 0.4) is 0 Å². The van der Waals surface area contributed by atoms with E-state index in [1.54, 1.807) is 20.8 Å². The molecule has 0 saturated heterocycles. The fourth-order valence-electron chi connectivity index (χ4n) is 2.78. The van der Waals surface area contributed by atoms with Crippen molar-refractivity contribution in [1.29, 1.82) is 0 Å². The highest BCUT2D eigenvalue weighted by Gasteiger charge is 2.32. The van der Waals surface area contributed by atoms with Crippen LogP contribution in [0.1, 0.15) is 53.5 Å². The number of carboxylic acid groups (broad SMARTS) is 1. The summed E-state index contributed by atoms with van der Waals surface area (Å²) in [6.07, 6.45) is 0.492. The van der Waals surface area contributed by atoms with Gasteiger partial charge in [0.25, 0.3) is 17.4 Å². The highest BCUT2D eigenvalue weighted by Crippen LogP contribution is 2.31. The summed E-state index contributed by atoms with van der Waals surface area (Å²) in [7, 11) is 0. The predicted octanol–water partition coefficient (Wildman–Crippen LogP) is 2.35. The summed E-state index contributed by atoms with van der Waals surface area (Å²) in [4.78, 5) is 49.3. The molecule has 0 fully saturated rings. The molecule has 33 heavy (non-hydrogen) atoms. The lowest BCUT2D eigenvalue weighted by molar-refractivity contribution is -0.135.